The minimum absolute atomic E-state index is 0.0347. The first kappa shape index (κ1) is 18.1. The molecular formula is C15H18N2O6S. The molecule has 1 saturated heterocycles. The molecule has 0 aliphatic carbocycles. The summed E-state index contributed by atoms with van der Waals surface area (Å²) in [6.45, 7) is 2.71. The van der Waals surface area contributed by atoms with Crippen LogP contribution in [0.15, 0.2) is 40.8 Å². The van der Waals surface area contributed by atoms with Gasteiger partial charge in [-0.15, -0.1) is 0 Å². The fourth-order valence-electron chi connectivity index (χ4n) is 2.13. The van der Waals surface area contributed by atoms with Gasteiger partial charge in [0.25, 0.3) is 5.91 Å². The van der Waals surface area contributed by atoms with Gasteiger partial charge in [-0.05, 0) is 31.2 Å². The molecule has 24 heavy (non-hydrogen) atoms. The Morgan fingerprint density at radius 2 is 1.79 bits per heavy atom. The van der Waals surface area contributed by atoms with Gasteiger partial charge >= 0.3 is 5.97 Å². The van der Waals surface area contributed by atoms with Gasteiger partial charge in [-0.25, -0.2) is 13.2 Å². The fraction of sp³-hybridized carbons (Fsp3) is 0.333. The number of amides is 1. The summed E-state index contributed by atoms with van der Waals surface area (Å²) in [6.07, 6.45) is 0.798. The summed E-state index contributed by atoms with van der Waals surface area (Å²) >= 11 is 0. The summed E-state index contributed by atoms with van der Waals surface area (Å²) in [6, 6.07) is 5.71. The Morgan fingerprint density at radius 3 is 2.33 bits per heavy atom. The second kappa shape index (κ2) is 7.56. The van der Waals surface area contributed by atoms with Crippen LogP contribution in [0.1, 0.15) is 6.92 Å². The maximum absolute atomic E-state index is 12.5. The van der Waals surface area contributed by atoms with E-state index in [2.05, 4.69) is 5.32 Å². The van der Waals surface area contributed by atoms with Gasteiger partial charge in [0.15, 0.2) is 0 Å². The molecule has 0 spiro atoms. The molecule has 1 amide bonds. The summed E-state index contributed by atoms with van der Waals surface area (Å²) in [5.41, 5.74) is 0.409. The normalized spacial score (nSPS) is 16.6. The van der Waals surface area contributed by atoms with E-state index in [4.69, 9.17) is 9.84 Å². The predicted octanol–water partition coefficient (Wildman–Crippen LogP) is 0.677. The van der Waals surface area contributed by atoms with E-state index in [1.807, 2.05) is 0 Å². The minimum Gasteiger partial charge on any atom is -0.478 e. The number of carbonyl (C=O) groups excluding carboxylic acids is 1. The van der Waals surface area contributed by atoms with Gasteiger partial charge in [0.1, 0.15) is 0 Å². The average Bonchev–Trinajstić information content (AvgIpc) is 2.55. The van der Waals surface area contributed by atoms with Crippen molar-refractivity contribution in [1.82, 2.24) is 4.31 Å². The number of carboxylic acids is 1. The molecule has 0 bridgehead atoms. The Bertz CT molecular complexity index is 749. The van der Waals surface area contributed by atoms with Gasteiger partial charge in [-0.3, -0.25) is 4.79 Å². The summed E-state index contributed by atoms with van der Waals surface area (Å²) in [7, 11) is -3.59. The number of carbonyl (C=O) groups is 2. The monoisotopic (exact) mass is 354 g/mol. The third kappa shape index (κ3) is 4.40. The second-order valence-electron chi connectivity index (χ2n) is 5.16. The number of benzene rings is 1. The molecular weight excluding hydrogens is 336 g/mol. The fourth-order valence-corrected chi connectivity index (χ4v) is 3.53. The number of carboxylic acid groups (broad SMARTS) is 1. The van der Waals surface area contributed by atoms with Crippen molar-refractivity contribution in [2.24, 2.45) is 0 Å². The first-order valence-electron chi connectivity index (χ1n) is 7.21. The van der Waals surface area contributed by atoms with E-state index in [9.17, 15) is 18.0 Å². The smallest absolute Gasteiger partial charge is 0.328 e. The van der Waals surface area contributed by atoms with Crippen molar-refractivity contribution in [2.45, 2.75) is 11.8 Å². The summed E-state index contributed by atoms with van der Waals surface area (Å²) in [4.78, 5) is 22.5. The highest BCUT2D eigenvalue weighted by molar-refractivity contribution is 7.89. The maximum atomic E-state index is 12.5. The molecule has 1 aliphatic rings. The first-order valence-corrected chi connectivity index (χ1v) is 8.65. The van der Waals surface area contributed by atoms with Crippen LogP contribution in [-0.2, 0) is 24.3 Å². The summed E-state index contributed by atoms with van der Waals surface area (Å²) < 4.78 is 31.4. The van der Waals surface area contributed by atoms with E-state index in [0.717, 1.165) is 6.08 Å². The number of morpholine rings is 1. The molecule has 8 nitrogen and oxygen atoms in total. The zero-order valence-electron chi connectivity index (χ0n) is 13.1. The van der Waals surface area contributed by atoms with Gasteiger partial charge in [-0.2, -0.15) is 4.31 Å². The van der Waals surface area contributed by atoms with Gasteiger partial charge in [0.2, 0.25) is 10.0 Å². The van der Waals surface area contributed by atoms with Crippen molar-refractivity contribution in [2.75, 3.05) is 31.6 Å². The molecule has 130 valence electrons. The molecule has 0 radical (unpaired) electrons. The van der Waals surface area contributed by atoms with Crippen LogP contribution in [0.25, 0.3) is 0 Å². The van der Waals surface area contributed by atoms with E-state index < -0.39 is 21.9 Å². The molecule has 1 aliphatic heterocycles. The van der Waals surface area contributed by atoms with E-state index in [1.165, 1.54) is 35.5 Å². The van der Waals surface area contributed by atoms with Gasteiger partial charge in [0.05, 0.1) is 18.1 Å². The standard InChI is InChI=1S/C15H18N2O6S/c1-11(10-14(18)19)15(20)16-12-2-4-13(5-3-12)24(21,22)17-6-8-23-9-7-17/h2-5,10H,6-9H2,1H3,(H,16,20)(H,18,19)/b11-10+. The van der Waals surface area contributed by atoms with E-state index in [1.54, 1.807) is 0 Å². The molecule has 0 unspecified atom stereocenters. The Hall–Kier alpha value is -2.23. The molecule has 9 heteroatoms. The number of sulfonamides is 1. The van der Waals surface area contributed by atoms with Crippen LogP contribution in [0.3, 0.4) is 0 Å². The Balaban J connectivity index is 2.10. The summed E-state index contributed by atoms with van der Waals surface area (Å²) in [5.74, 6) is -1.78. The number of aliphatic carboxylic acids is 1. The van der Waals surface area contributed by atoms with Crippen molar-refractivity contribution in [3.05, 3.63) is 35.9 Å². The summed E-state index contributed by atoms with van der Waals surface area (Å²) in [5, 5.41) is 11.1. The highest BCUT2D eigenvalue weighted by atomic mass is 32.2. The quantitative estimate of drug-likeness (QED) is 0.752. The highest BCUT2D eigenvalue weighted by Crippen LogP contribution is 2.19. The van der Waals surface area contributed by atoms with Gasteiger partial charge in [-0.1, -0.05) is 0 Å². The molecule has 2 N–H and O–H groups in total. The maximum Gasteiger partial charge on any atom is 0.328 e. The zero-order valence-corrected chi connectivity index (χ0v) is 13.9. The van der Waals surface area contributed by atoms with E-state index in [-0.39, 0.29) is 10.5 Å². The van der Waals surface area contributed by atoms with Crippen LogP contribution in [0, 0.1) is 0 Å². The Morgan fingerprint density at radius 1 is 1.21 bits per heavy atom. The van der Waals surface area contributed by atoms with Crippen molar-refractivity contribution in [3.8, 4) is 0 Å². The number of ether oxygens (including phenoxy) is 1. The Kier molecular flexibility index (Phi) is 5.71. The predicted molar refractivity (Wildman–Crippen MR) is 86.0 cm³/mol. The lowest BCUT2D eigenvalue weighted by molar-refractivity contribution is -0.131. The third-order valence-electron chi connectivity index (χ3n) is 3.42. The molecule has 0 saturated carbocycles. The molecule has 2 rings (SSSR count). The largest absolute Gasteiger partial charge is 0.478 e. The van der Waals surface area contributed by atoms with E-state index in [0.29, 0.717) is 32.0 Å². The topological polar surface area (TPSA) is 113 Å². The number of rotatable bonds is 5. The Labute approximate surface area is 139 Å². The van der Waals surface area contributed by atoms with Crippen LogP contribution >= 0.6 is 0 Å². The van der Waals surface area contributed by atoms with Crippen molar-refractivity contribution in [3.63, 3.8) is 0 Å². The number of hydrogen-bond acceptors (Lipinski definition) is 5. The second-order valence-corrected chi connectivity index (χ2v) is 7.10. The van der Waals surface area contributed by atoms with Crippen LogP contribution in [0.5, 0.6) is 0 Å². The van der Waals surface area contributed by atoms with Crippen LogP contribution < -0.4 is 5.32 Å². The third-order valence-corrected chi connectivity index (χ3v) is 5.33. The average molecular weight is 354 g/mol. The lowest BCUT2D eigenvalue weighted by Crippen LogP contribution is -2.40. The van der Waals surface area contributed by atoms with Crippen molar-refractivity contribution >= 4 is 27.6 Å². The molecule has 0 aromatic heterocycles. The van der Waals surface area contributed by atoms with Crippen molar-refractivity contribution in [1.29, 1.82) is 0 Å². The van der Waals surface area contributed by atoms with Crippen LogP contribution in [0.2, 0.25) is 0 Å². The van der Waals surface area contributed by atoms with Crippen LogP contribution in [-0.4, -0.2) is 56.0 Å². The van der Waals surface area contributed by atoms with Crippen LogP contribution in [0.4, 0.5) is 5.69 Å². The molecule has 1 aromatic rings. The lowest BCUT2D eigenvalue weighted by atomic mass is 10.2. The lowest BCUT2D eigenvalue weighted by Gasteiger charge is -2.26. The number of nitrogens with one attached hydrogen (secondary N) is 1. The highest BCUT2D eigenvalue weighted by Gasteiger charge is 2.26. The van der Waals surface area contributed by atoms with Gasteiger partial charge < -0.3 is 15.2 Å². The van der Waals surface area contributed by atoms with Crippen molar-refractivity contribution < 1.29 is 27.9 Å². The number of nitrogens with zero attached hydrogens (tertiary/aromatic N) is 1. The SMILES string of the molecule is C/C(=C\C(=O)O)C(=O)Nc1ccc(S(=O)(=O)N2CCOCC2)cc1. The first-order chi connectivity index (χ1) is 11.3. The molecule has 1 fully saturated rings. The minimum atomic E-state index is -3.59. The molecule has 1 heterocycles. The molecule has 0 atom stereocenters. The van der Waals surface area contributed by atoms with E-state index >= 15 is 0 Å². The number of anilines is 1. The number of hydrogen-bond donors (Lipinski definition) is 2. The van der Waals surface area contributed by atoms with Gasteiger partial charge in [0, 0.05) is 30.4 Å². The molecule has 1 aromatic carbocycles. The zero-order chi connectivity index (χ0) is 17.7.